The zero-order valence-electron chi connectivity index (χ0n) is 14.3. The molecule has 0 unspecified atom stereocenters. The van der Waals surface area contributed by atoms with Gasteiger partial charge in [0.1, 0.15) is 5.78 Å². The number of carbonyl (C=O) groups excluding carboxylic acids is 2. The summed E-state index contributed by atoms with van der Waals surface area (Å²) >= 11 is 5.83. The molecule has 1 amide bonds. The van der Waals surface area contributed by atoms with E-state index in [0.29, 0.717) is 11.4 Å². The predicted octanol–water partition coefficient (Wildman–Crippen LogP) is 5.40. The number of nitrogens with zero attached hydrogens (tertiary/aromatic N) is 1. The summed E-state index contributed by atoms with van der Waals surface area (Å²) in [5.74, 6) is -0.135. The van der Waals surface area contributed by atoms with Crippen LogP contribution in [0.2, 0.25) is 5.02 Å². The summed E-state index contributed by atoms with van der Waals surface area (Å²) in [6, 6.07) is 7.03. The minimum Gasteiger partial charge on any atom is -0.315 e. The van der Waals surface area contributed by atoms with Crippen molar-refractivity contribution in [1.82, 2.24) is 0 Å². The predicted molar refractivity (Wildman–Crippen MR) is 97.1 cm³/mol. The molecule has 3 nitrogen and oxygen atoms in total. The lowest BCUT2D eigenvalue weighted by atomic mass is 10.1. The smallest absolute Gasteiger partial charge is 0.234 e. The summed E-state index contributed by atoms with van der Waals surface area (Å²) in [6.07, 6.45) is 8.73. The number of benzene rings is 1. The van der Waals surface area contributed by atoms with E-state index in [1.54, 1.807) is 31.3 Å². The van der Waals surface area contributed by atoms with E-state index in [1.165, 1.54) is 37.0 Å². The number of hydrogen-bond acceptors (Lipinski definition) is 2. The lowest BCUT2D eigenvalue weighted by molar-refractivity contribution is -0.126. The van der Waals surface area contributed by atoms with Gasteiger partial charge in [0.2, 0.25) is 5.91 Å². The van der Waals surface area contributed by atoms with Gasteiger partial charge in [0.25, 0.3) is 0 Å². The van der Waals surface area contributed by atoms with Gasteiger partial charge < -0.3 is 4.90 Å². The summed E-state index contributed by atoms with van der Waals surface area (Å²) in [7, 11) is 1.69. The van der Waals surface area contributed by atoms with Crippen LogP contribution in [0.1, 0.15) is 64.7 Å². The molecule has 0 atom stereocenters. The molecule has 23 heavy (non-hydrogen) atoms. The second-order valence-electron chi connectivity index (χ2n) is 6.02. The molecule has 0 aliphatic heterocycles. The van der Waals surface area contributed by atoms with E-state index in [2.05, 4.69) is 6.92 Å². The Bertz CT molecular complexity index is 485. The molecule has 0 aliphatic rings. The lowest BCUT2D eigenvalue weighted by Crippen LogP contribution is -2.28. The average Bonchev–Trinajstić information content (AvgIpc) is 2.54. The standard InChI is InChI=1S/C19H28ClNO2/c1-3-4-5-6-7-8-9-10-18(22)15-19(23)21(2)17-13-11-16(20)12-14-17/h11-14H,3-10,15H2,1-2H3. The van der Waals surface area contributed by atoms with Crippen LogP contribution in [0.4, 0.5) is 5.69 Å². The van der Waals surface area contributed by atoms with E-state index in [4.69, 9.17) is 11.6 Å². The Labute approximate surface area is 145 Å². The number of ketones is 1. The van der Waals surface area contributed by atoms with Gasteiger partial charge in [0.15, 0.2) is 0 Å². The first-order valence-electron chi connectivity index (χ1n) is 8.58. The zero-order chi connectivity index (χ0) is 17.1. The molecule has 0 fully saturated rings. The van der Waals surface area contributed by atoms with Crippen LogP contribution in [0.3, 0.4) is 0 Å². The Morgan fingerprint density at radius 2 is 1.52 bits per heavy atom. The number of unbranched alkanes of at least 4 members (excludes halogenated alkanes) is 6. The van der Waals surface area contributed by atoms with Crippen LogP contribution >= 0.6 is 11.6 Å². The fourth-order valence-corrected chi connectivity index (χ4v) is 2.59. The summed E-state index contributed by atoms with van der Waals surface area (Å²) in [4.78, 5) is 25.5. The highest BCUT2D eigenvalue weighted by atomic mass is 35.5. The van der Waals surface area contributed by atoms with Gasteiger partial charge in [-0.05, 0) is 30.7 Å². The number of carbonyl (C=O) groups is 2. The van der Waals surface area contributed by atoms with E-state index < -0.39 is 0 Å². The number of hydrogen-bond donors (Lipinski definition) is 0. The molecule has 0 bridgehead atoms. The second-order valence-corrected chi connectivity index (χ2v) is 6.45. The largest absolute Gasteiger partial charge is 0.315 e. The van der Waals surface area contributed by atoms with Gasteiger partial charge in [-0.25, -0.2) is 0 Å². The molecular weight excluding hydrogens is 310 g/mol. The van der Waals surface area contributed by atoms with Crippen molar-refractivity contribution < 1.29 is 9.59 Å². The van der Waals surface area contributed by atoms with Gasteiger partial charge in [-0.2, -0.15) is 0 Å². The molecule has 0 aromatic heterocycles. The molecule has 1 aromatic carbocycles. The molecule has 0 aliphatic carbocycles. The van der Waals surface area contributed by atoms with Gasteiger partial charge in [0.05, 0.1) is 6.42 Å². The zero-order valence-corrected chi connectivity index (χ0v) is 15.1. The van der Waals surface area contributed by atoms with E-state index in [1.807, 2.05) is 0 Å². The van der Waals surface area contributed by atoms with Crippen molar-refractivity contribution in [1.29, 1.82) is 0 Å². The topological polar surface area (TPSA) is 37.4 Å². The molecule has 128 valence electrons. The summed E-state index contributed by atoms with van der Waals surface area (Å²) in [5.41, 5.74) is 0.753. The van der Waals surface area contributed by atoms with Gasteiger partial charge in [-0.3, -0.25) is 9.59 Å². The molecule has 0 spiro atoms. The molecule has 0 radical (unpaired) electrons. The highest BCUT2D eigenvalue weighted by Gasteiger charge is 2.15. The van der Waals surface area contributed by atoms with Crippen LogP contribution in [0.25, 0.3) is 0 Å². The third-order valence-electron chi connectivity index (χ3n) is 4.00. The van der Waals surface area contributed by atoms with Crippen molar-refractivity contribution in [3.05, 3.63) is 29.3 Å². The molecule has 4 heteroatoms. The molecule has 0 heterocycles. The SMILES string of the molecule is CCCCCCCCCC(=O)CC(=O)N(C)c1ccc(Cl)cc1. The van der Waals surface area contributed by atoms with Crippen LogP contribution < -0.4 is 4.90 Å². The molecule has 1 rings (SSSR count). The summed E-state index contributed by atoms with van der Waals surface area (Å²) < 4.78 is 0. The monoisotopic (exact) mass is 337 g/mol. The average molecular weight is 338 g/mol. The van der Waals surface area contributed by atoms with Gasteiger partial charge in [0, 0.05) is 24.2 Å². The van der Waals surface area contributed by atoms with Crippen LogP contribution in [-0.2, 0) is 9.59 Å². The Balaban J connectivity index is 2.22. The highest BCUT2D eigenvalue weighted by Crippen LogP contribution is 2.18. The molecular formula is C19H28ClNO2. The van der Waals surface area contributed by atoms with E-state index in [-0.39, 0.29) is 18.1 Å². The Morgan fingerprint density at radius 1 is 0.957 bits per heavy atom. The van der Waals surface area contributed by atoms with Gasteiger partial charge in [-0.1, -0.05) is 57.0 Å². The van der Waals surface area contributed by atoms with Gasteiger partial charge in [-0.15, -0.1) is 0 Å². The Morgan fingerprint density at radius 3 is 2.13 bits per heavy atom. The third kappa shape index (κ3) is 8.17. The Kier molecular flexibility index (Phi) is 9.61. The molecule has 1 aromatic rings. The Hall–Kier alpha value is -1.35. The van der Waals surface area contributed by atoms with Crippen LogP contribution in [0, 0.1) is 0 Å². The molecule has 0 saturated carbocycles. The normalized spacial score (nSPS) is 10.6. The first-order chi connectivity index (χ1) is 11.0. The van der Waals surface area contributed by atoms with E-state index in [9.17, 15) is 9.59 Å². The quantitative estimate of drug-likeness (QED) is 0.400. The second kappa shape index (κ2) is 11.2. The number of rotatable bonds is 11. The maximum Gasteiger partial charge on any atom is 0.234 e. The van der Waals surface area contributed by atoms with Crippen LogP contribution in [0.15, 0.2) is 24.3 Å². The molecule has 0 N–H and O–H groups in total. The minimum atomic E-state index is -0.166. The lowest BCUT2D eigenvalue weighted by Gasteiger charge is -2.17. The van der Waals surface area contributed by atoms with Crippen molar-refractivity contribution >= 4 is 29.0 Å². The highest BCUT2D eigenvalue weighted by molar-refractivity contribution is 6.30. The van der Waals surface area contributed by atoms with Crippen molar-refractivity contribution in [3.8, 4) is 0 Å². The fourth-order valence-electron chi connectivity index (χ4n) is 2.46. The van der Waals surface area contributed by atoms with Crippen molar-refractivity contribution in [2.24, 2.45) is 0 Å². The summed E-state index contributed by atoms with van der Waals surface area (Å²) in [6.45, 7) is 2.21. The van der Waals surface area contributed by atoms with Crippen LogP contribution in [-0.4, -0.2) is 18.7 Å². The van der Waals surface area contributed by atoms with E-state index in [0.717, 1.165) is 18.5 Å². The van der Waals surface area contributed by atoms with Crippen molar-refractivity contribution in [3.63, 3.8) is 0 Å². The van der Waals surface area contributed by atoms with Gasteiger partial charge >= 0.3 is 0 Å². The fraction of sp³-hybridized carbons (Fsp3) is 0.579. The number of anilines is 1. The summed E-state index contributed by atoms with van der Waals surface area (Å²) in [5, 5.41) is 0.629. The third-order valence-corrected chi connectivity index (χ3v) is 4.25. The van der Waals surface area contributed by atoms with Crippen molar-refractivity contribution in [2.45, 2.75) is 64.7 Å². The first-order valence-corrected chi connectivity index (χ1v) is 8.96. The molecule has 0 saturated heterocycles. The minimum absolute atomic E-state index is 0.0189. The van der Waals surface area contributed by atoms with E-state index >= 15 is 0 Å². The van der Waals surface area contributed by atoms with Crippen molar-refractivity contribution in [2.75, 3.05) is 11.9 Å². The van der Waals surface area contributed by atoms with Crippen LogP contribution in [0.5, 0.6) is 0 Å². The number of halogens is 1. The maximum atomic E-state index is 12.1. The number of Topliss-reactive ketones (excluding diaryl/α,β-unsaturated/α-hetero) is 1. The number of amides is 1. The maximum absolute atomic E-state index is 12.1. The first kappa shape index (κ1) is 19.7.